The quantitative estimate of drug-likeness (QED) is 0.412. The summed E-state index contributed by atoms with van der Waals surface area (Å²) in [6.45, 7) is 6.32. The lowest BCUT2D eigenvalue weighted by Crippen LogP contribution is -2.42. The maximum absolute atomic E-state index is 10.7. The van der Waals surface area contributed by atoms with E-state index in [-0.39, 0.29) is 29.3 Å². The van der Waals surface area contributed by atoms with Gasteiger partial charge in [0.15, 0.2) is 5.69 Å². The van der Waals surface area contributed by atoms with Crippen LogP contribution in [0.1, 0.15) is 20.8 Å². The van der Waals surface area contributed by atoms with Crippen molar-refractivity contribution in [1.82, 2.24) is 5.32 Å². The largest absolute Gasteiger partial charge is 0.488 e. The van der Waals surface area contributed by atoms with Crippen LogP contribution in [0.2, 0.25) is 0 Å². The van der Waals surface area contributed by atoms with Crippen LogP contribution < -0.4 is 15.8 Å². The minimum atomic E-state index is -0.729. The van der Waals surface area contributed by atoms with Crippen molar-refractivity contribution in [3.63, 3.8) is 0 Å². The zero-order valence-corrected chi connectivity index (χ0v) is 11.9. The summed E-state index contributed by atoms with van der Waals surface area (Å²) in [4.78, 5) is 10.2. The second kappa shape index (κ2) is 6.53. The van der Waals surface area contributed by atoms with E-state index in [1.807, 2.05) is 20.8 Å². The number of benzene rings is 1. The Morgan fingerprint density at radius 3 is 2.70 bits per heavy atom. The van der Waals surface area contributed by atoms with E-state index in [0.29, 0.717) is 6.54 Å². The number of hydrogen-bond acceptors (Lipinski definition) is 6. The van der Waals surface area contributed by atoms with E-state index in [0.717, 1.165) is 0 Å². The summed E-state index contributed by atoms with van der Waals surface area (Å²) in [5.41, 5.74) is 5.31. The van der Waals surface area contributed by atoms with E-state index in [2.05, 4.69) is 5.32 Å². The molecule has 1 unspecified atom stereocenters. The van der Waals surface area contributed by atoms with Crippen molar-refractivity contribution >= 4 is 11.4 Å². The molecule has 0 heterocycles. The van der Waals surface area contributed by atoms with E-state index in [1.54, 1.807) is 0 Å². The van der Waals surface area contributed by atoms with Crippen molar-refractivity contribution in [3.05, 3.63) is 28.3 Å². The predicted molar refractivity (Wildman–Crippen MR) is 76.8 cm³/mol. The van der Waals surface area contributed by atoms with E-state index >= 15 is 0 Å². The number of nitrogens with two attached hydrogens (primary N) is 1. The number of β-amino-alcohol motifs (C(OH)–C–C–N with tert-alkyl or cyclic N) is 1. The lowest BCUT2D eigenvalue weighted by atomic mass is 10.1. The number of nitrogens with one attached hydrogen (secondary N) is 1. The van der Waals surface area contributed by atoms with E-state index < -0.39 is 11.0 Å². The Labute approximate surface area is 117 Å². The van der Waals surface area contributed by atoms with Gasteiger partial charge in [0.2, 0.25) is 0 Å². The van der Waals surface area contributed by atoms with Crippen LogP contribution in [0.25, 0.3) is 0 Å². The van der Waals surface area contributed by atoms with Gasteiger partial charge >= 0.3 is 0 Å². The van der Waals surface area contributed by atoms with Crippen LogP contribution in [0.3, 0.4) is 0 Å². The molecule has 1 aromatic carbocycles. The highest BCUT2D eigenvalue weighted by Gasteiger charge is 2.17. The van der Waals surface area contributed by atoms with Crippen LogP contribution in [0.5, 0.6) is 5.75 Å². The number of hydrogen-bond donors (Lipinski definition) is 3. The number of nitrogens with zero attached hydrogens (tertiary/aromatic N) is 1. The van der Waals surface area contributed by atoms with Gasteiger partial charge in [0.1, 0.15) is 18.5 Å². The highest BCUT2D eigenvalue weighted by Crippen LogP contribution is 2.30. The Morgan fingerprint density at radius 2 is 2.15 bits per heavy atom. The van der Waals surface area contributed by atoms with Gasteiger partial charge < -0.3 is 20.9 Å². The van der Waals surface area contributed by atoms with Crippen molar-refractivity contribution in [2.24, 2.45) is 0 Å². The summed E-state index contributed by atoms with van der Waals surface area (Å²) in [5, 5.41) is 23.6. The average Bonchev–Trinajstić information content (AvgIpc) is 2.34. The lowest BCUT2D eigenvalue weighted by molar-refractivity contribution is -0.384. The van der Waals surface area contributed by atoms with Crippen LogP contribution in [-0.4, -0.2) is 34.8 Å². The van der Waals surface area contributed by atoms with Gasteiger partial charge in [-0.05, 0) is 26.8 Å². The number of nitro groups is 1. The molecule has 0 aliphatic carbocycles. The van der Waals surface area contributed by atoms with Crippen LogP contribution >= 0.6 is 0 Å². The van der Waals surface area contributed by atoms with Gasteiger partial charge in [-0.3, -0.25) is 10.1 Å². The molecule has 0 aliphatic heterocycles. The van der Waals surface area contributed by atoms with Crippen molar-refractivity contribution < 1.29 is 14.8 Å². The monoisotopic (exact) mass is 283 g/mol. The summed E-state index contributed by atoms with van der Waals surface area (Å²) >= 11 is 0. The molecule has 0 aliphatic rings. The summed E-state index contributed by atoms with van der Waals surface area (Å²) in [6.07, 6.45) is -0.729. The molecule has 0 saturated heterocycles. The van der Waals surface area contributed by atoms with Gasteiger partial charge in [-0.1, -0.05) is 6.07 Å². The molecule has 1 rings (SSSR count). The third-order valence-corrected chi connectivity index (χ3v) is 2.54. The van der Waals surface area contributed by atoms with Crippen LogP contribution in [0, 0.1) is 10.1 Å². The smallest absolute Gasteiger partial charge is 0.295 e. The number of nitrogen functional groups attached to an aromatic ring is 1. The summed E-state index contributed by atoms with van der Waals surface area (Å²) in [7, 11) is 0. The van der Waals surface area contributed by atoms with Crippen LogP contribution in [-0.2, 0) is 0 Å². The molecule has 7 heteroatoms. The molecule has 0 aromatic heterocycles. The van der Waals surface area contributed by atoms with Crippen LogP contribution in [0.4, 0.5) is 11.4 Å². The molecule has 112 valence electrons. The summed E-state index contributed by atoms with van der Waals surface area (Å²) < 4.78 is 5.34. The Hall–Kier alpha value is -1.86. The van der Waals surface area contributed by atoms with Gasteiger partial charge in [0.05, 0.1) is 4.92 Å². The number of aliphatic hydroxyl groups excluding tert-OH is 1. The first-order chi connectivity index (χ1) is 9.20. The van der Waals surface area contributed by atoms with E-state index in [4.69, 9.17) is 10.5 Å². The van der Waals surface area contributed by atoms with Crippen molar-refractivity contribution in [1.29, 1.82) is 0 Å². The first kappa shape index (κ1) is 16.2. The Morgan fingerprint density at radius 1 is 1.50 bits per heavy atom. The molecule has 4 N–H and O–H groups in total. The molecular formula is C13H21N3O4. The zero-order valence-electron chi connectivity index (χ0n) is 11.9. The molecule has 1 aromatic rings. The van der Waals surface area contributed by atoms with Crippen molar-refractivity contribution in [3.8, 4) is 5.75 Å². The number of rotatable bonds is 6. The topological polar surface area (TPSA) is 111 Å². The number of anilines is 1. The number of nitro benzene ring substituents is 1. The number of ether oxygens (including phenoxy) is 1. The predicted octanol–water partition coefficient (Wildman–Crippen LogP) is 1.30. The van der Waals surface area contributed by atoms with Gasteiger partial charge in [0, 0.05) is 18.2 Å². The molecule has 20 heavy (non-hydrogen) atoms. The number of para-hydroxylation sites is 1. The first-order valence-corrected chi connectivity index (χ1v) is 6.29. The fourth-order valence-corrected chi connectivity index (χ4v) is 1.49. The lowest BCUT2D eigenvalue weighted by Gasteiger charge is -2.23. The Balaban J connectivity index is 2.58. The molecule has 0 spiro atoms. The molecule has 0 amide bonds. The van der Waals surface area contributed by atoms with Crippen molar-refractivity contribution in [2.75, 3.05) is 18.9 Å². The average molecular weight is 283 g/mol. The first-order valence-electron chi connectivity index (χ1n) is 6.29. The highest BCUT2D eigenvalue weighted by molar-refractivity contribution is 5.66. The molecule has 0 radical (unpaired) electrons. The molecule has 0 saturated carbocycles. The fraction of sp³-hybridized carbons (Fsp3) is 0.538. The number of aliphatic hydroxyl groups is 1. The van der Waals surface area contributed by atoms with Crippen molar-refractivity contribution in [2.45, 2.75) is 32.4 Å². The molecule has 0 bridgehead atoms. The van der Waals surface area contributed by atoms with Crippen LogP contribution in [0.15, 0.2) is 18.2 Å². The van der Waals surface area contributed by atoms with Gasteiger partial charge in [-0.2, -0.15) is 0 Å². The molecular weight excluding hydrogens is 262 g/mol. The SMILES string of the molecule is CC(C)(C)NCC(O)COc1cccc([N+](=O)[O-])c1N. The second-order valence-electron chi connectivity index (χ2n) is 5.54. The minimum Gasteiger partial charge on any atom is -0.488 e. The second-order valence-corrected chi connectivity index (χ2v) is 5.54. The summed E-state index contributed by atoms with van der Waals surface area (Å²) in [6, 6.07) is 4.33. The maximum Gasteiger partial charge on any atom is 0.295 e. The fourth-order valence-electron chi connectivity index (χ4n) is 1.49. The van der Waals surface area contributed by atoms with Gasteiger partial charge in [-0.15, -0.1) is 0 Å². The van der Waals surface area contributed by atoms with E-state index in [9.17, 15) is 15.2 Å². The van der Waals surface area contributed by atoms with Gasteiger partial charge in [0.25, 0.3) is 5.69 Å². The van der Waals surface area contributed by atoms with Gasteiger partial charge in [-0.25, -0.2) is 0 Å². The molecule has 0 fully saturated rings. The third-order valence-electron chi connectivity index (χ3n) is 2.54. The standard InChI is InChI=1S/C13H21N3O4/c1-13(2,3)15-7-9(17)8-20-11-6-4-5-10(12(11)14)16(18)19/h4-6,9,15,17H,7-8,14H2,1-3H3. The van der Waals surface area contributed by atoms with E-state index in [1.165, 1.54) is 18.2 Å². The molecule has 7 nitrogen and oxygen atoms in total. The normalized spacial score (nSPS) is 13.0. The summed E-state index contributed by atoms with van der Waals surface area (Å²) in [5.74, 6) is 0.203. The Bertz CT molecular complexity index is 471. The maximum atomic E-state index is 10.7. The zero-order chi connectivity index (χ0) is 15.3. The highest BCUT2D eigenvalue weighted by atomic mass is 16.6. The third kappa shape index (κ3) is 5.02. The molecule has 1 atom stereocenters. The minimum absolute atomic E-state index is 0.00838. The Kier molecular flexibility index (Phi) is 5.29.